The van der Waals surface area contributed by atoms with Gasteiger partial charge in [0.15, 0.2) is 30.1 Å². The quantitative estimate of drug-likeness (QED) is 0.559. The van der Waals surface area contributed by atoms with Gasteiger partial charge in [-0.3, -0.25) is 4.79 Å². The highest BCUT2D eigenvalue weighted by Crippen LogP contribution is 2.42. The molecule has 3 heterocycles. The second-order valence-corrected chi connectivity index (χ2v) is 9.90. The molecule has 3 fully saturated rings. The van der Waals surface area contributed by atoms with Crippen LogP contribution in [-0.4, -0.2) is 60.9 Å². The molecule has 0 radical (unpaired) electrons. The average molecular weight is 464 g/mol. The third kappa shape index (κ3) is 5.93. The van der Waals surface area contributed by atoms with Crippen molar-refractivity contribution in [3.63, 3.8) is 0 Å². The zero-order valence-electron chi connectivity index (χ0n) is 20.2. The standard InChI is InChI=1S/C25H37NO7/c1-6-7-13-17(26-14-16-11-9-8-10-12-16)22(27)29-20-19(18-15-28-24(2,3)31-18)30-23-21(20)32-25(4,5)33-23/h8-12,17-21,23,26H,6-7,13-15H2,1-5H3/t17-,18+,19+,20-,21+,23+/m0/s1. The molecule has 1 N–H and O–H groups in total. The Morgan fingerprint density at radius 2 is 1.85 bits per heavy atom. The second-order valence-electron chi connectivity index (χ2n) is 9.90. The van der Waals surface area contributed by atoms with E-state index in [4.69, 9.17) is 28.4 Å². The minimum Gasteiger partial charge on any atom is -0.455 e. The number of carbonyl (C=O) groups is 1. The van der Waals surface area contributed by atoms with Crippen LogP contribution >= 0.6 is 0 Å². The topological polar surface area (TPSA) is 84.5 Å². The summed E-state index contributed by atoms with van der Waals surface area (Å²) in [6, 6.07) is 9.59. The summed E-state index contributed by atoms with van der Waals surface area (Å²) in [5, 5.41) is 3.37. The molecule has 3 saturated heterocycles. The summed E-state index contributed by atoms with van der Waals surface area (Å²) < 4.78 is 36.0. The average Bonchev–Trinajstić information content (AvgIpc) is 3.38. The molecule has 1 aromatic carbocycles. The van der Waals surface area contributed by atoms with Crippen molar-refractivity contribution in [2.24, 2.45) is 0 Å². The van der Waals surface area contributed by atoms with Gasteiger partial charge < -0.3 is 33.7 Å². The summed E-state index contributed by atoms with van der Waals surface area (Å²) in [6.07, 6.45) is -0.137. The smallest absolute Gasteiger partial charge is 0.323 e. The van der Waals surface area contributed by atoms with Gasteiger partial charge in [-0.25, -0.2) is 0 Å². The number of ether oxygens (including phenoxy) is 6. The molecule has 0 amide bonds. The summed E-state index contributed by atoms with van der Waals surface area (Å²) in [6.45, 7) is 10.4. The van der Waals surface area contributed by atoms with E-state index in [9.17, 15) is 4.79 Å². The molecular formula is C25H37NO7. The first-order chi connectivity index (χ1) is 15.7. The summed E-state index contributed by atoms with van der Waals surface area (Å²) >= 11 is 0. The SMILES string of the molecule is CCCC[C@H](NCc1ccccc1)C(=O)O[C@@H]1[C@H]2OC(C)(C)O[C@H]2O[C@@H]1[C@H]1COC(C)(C)O1. The Morgan fingerprint density at radius 1 is 1.09 bits per heavy atom. The Bertz CT molecular complexity index is 799. The van der Waals surface area contributed by atoms with Gasteiger partial charge in [-0.05, 0) is 39.7 Å². The molecule has 0 bridgehead atoms. The first-order valence-electron chi connectivity index (χ1n) is 12.0. The van der Waals surface area contributed by atoms with Crippen molar-refractivity contribution in [3.8, 4) is 0 Å². The van der Waals surface area contributed by atoms with E-state index in [0.717, 1.165) is 18.4 Å². The van der Waals surface area contributed by atoms with Gasteiger partial charge in [0.25, 0.3) is 0 Å². The first-order valence-corrected chi connectivity index (χ1v) is 12.0. The molecule has 0 spiro atoms. The third-order valence-corrected chi connectivity index (χ3v) is 6.20. The molecule has 8 heteroatoms. The van der Waals surface area contributed by atoms with E-state index in [0.29, 0.717) is 19.6 Å². The van der Waals surface area contributed by atoms with Crippen LogP contribution in [0.2, 0.25) is 0 Å². The monoisotopic (exact) mass is 463 g/mol. The van der Waals surface area contributed by atoms with Gasteiger partial charge in [-0.1, -0.05) is 50.1 Å². The lowest BCUT2D eigenvalue weighted by molar-refractivity contribution is -0.235. The van der Waals surface area contributed by atoms with E-state index in [1.54, 1.807) is 0 Å². The summed E-state index contributed by atoms with van der Waals surface area (Å²) in [5.41, 5.74) is 1.11. The molecule has 33 heavy (non-hydrogen) atoms. The fourth-order valence-electron chi connectivity index (χ4n) is 4.58. The predicted octanol–water partition coefficient (Wildman–Crippen LogP) is 3.27. The molecule has 0 aliphatic carbocycles. The van der Waals surface area contributed by atoms with Crippen molar-refractivity contribution in [1.82, 2.24) is 5.32 Å². The van der Waals surface area contributed by atoms with Crippen molar-refractivity contribution in [3.05, 3.63) is 35.9 Å². The molecule has 0 saturated carbocycles. The largest absolute Gasteiger partial charge is 0.455 e. The number of hydrogen-bond donors (Lipinski definition) is 1. The first kappa shape index (κ1) is 24.6. The molecule has 3 aliphatic rings. The lowest BCUT2D eigenvalue weighted by Gasteiger charge is -2.30. The van der Waals surface area contributed by atoms with E-state index in [-0.39, 0.29) is 12.1 Å². The van der Waals surface area contributed by atoms with Crippen molar-refractivity contribution in [1.29, 1.82) is 0 Å². The number of unbranched alkanes of at least 4 members (excludes halogenated alkanes) is 1. The molecule has 6 atom stereocenters. The van der Waals surface area contributed by atoms with Gasteiger partial charge in [-0.2, -0.15) is 0 Å². The normalized spacial score (nSPS) is 33.1. The van der Waals surface area contributed by atoms with Gasteiger partial charge in [0.05, 0.1) is 6.61 Å². The summed E-state index contributed by atoms with van der Waals surface area (Å²) in [5.74, 6) is -1.85. The second kappa shape index (κ2) is 9.98. The lowest BCUT2D eigenvalue weighted by atomic mass is 10.0. The van der Waals surface area contributed by atoms with Crippen LogP contribution in [0.15, 0.2) is 30.3 Å². The fraction of sp³-hybridized carbons (Fsp3) is 0.720. The van der Waals surface area contributed by atoms with Crippen LogP contribution in [0.5, 0.6) is 0 Å². The van der Waals surface area contributed by atoms with Crippen molar-refractivity contribution >= 4 is 5.97 Å². The molecule has 4 rings (SSSR count). The highest BCUT2D eigenvalue weighted by molar-refractivity contribution is 5.76. The Kier molecular flexibility index (Phi) is 7.43. The molecule has 1 aromatic rings. The third-order valence-electron chi connectivity index (χ3n) is 6.20. The molecule has 184 valence electrons. The Labute approximate surface area is 196 Å². The number of fused-ring (bicyclic) bond motifs is 1. The van der Waals surface area contributed by atoms with Crippen LogP contribution < -0.4 is 5.32 Å². The number of carbonyl (C=O) groups excluding carboxylic acids is 1. The Balaban J connectivity index is 1.47. The van der Waals surface area contributed by atoms with E-state index < -0.39 is 42.2 Å². The lowest BCUT2D eigenvalue weighted by Crippen LogP contribution is -2.48. The van der Waals surface area contributed by atoms with Gasteiger partial charge in [-0.15, -0.1) is 0 Å². The predicted molar refractivity (Wildman–Crippen MR) is 120 cm³/mol. The maximum absolute atomic E-state index is 13.4. The Hall–Kier alpha value is -1.55. The minimum atomic E-state index is -0.815. The number of benzene rings is 1. The molecule has 0 aromatic heterocycles. The van der Waals surface area contributed by atoms with E-state index in [1.807, 2.05) is 58.0 Å². The van der Waals surface area contributed by atoms with Gasteiger partial charge in [0.1, 0.15) is 18.2 Å². The van der Waals surface area contributed by atoms with Crippen molar-refractivity contribution < 1.29 is 33.2 Å². The van der Waals surface area contributed by atoms with Crippen LogP contribution in [0, 0.1) is 0 Å². The van der Waals surface area contributed by atoms with E-state index >= 15 is 0 Å². The number of nitrogens with one attached hydrogen (secondary N) is 1. The van der Waals surface area contributed by atoms with Crippen LogP contribution in [0.1, 0.15) is 59.4 Å². The number of rotatable bonds is 9. The van der Waals surface area contributed by atoms with E-state index in [1.165, 1.54) is 0 Å². The zero-order chi connectivity index (χ0) is 23.6. The summed E-state index contributed by atoms with van der Waals surface area (Å²) in [4.78, 5) is 13.4. The Morgan fingerprint density at radius 3 is 2.52 bits per heavy atom. The van der Waals surface area contributed by atoms with Crippen LogP contribution in [0.25, 0.3) is 0 Å². The number of esters is 1. The van der Waals surface area contributed by atoms with Gasteiger partial charge in [0, 0.05) is 6.54 Å². The van der Waals surface area contributed by atoms with Gasteiger partial charge >= 0.3 is 5.97 Å². The molecule has 0 unspecified atom stereocenters. The van der Waals surface area contributed by atoms with Crippen LogP contribution in [-0.2, 0) is 39.8 Å². The molecule has 8 nitrogen and oxygen atoms in total. The maximum atomic E-state index is 13.4. The highest BCUT2D eigenvalue weighted by Gasteiger charge is 2.60. The summed E-state index contributed by atoms with van der Waals surface area (Å²) in [7, 11) is 0. The highest BCUT2D eigenvalue weighted by atomic mass is 16.8. The number of hydrogen-bond acceptors (Lipinski definition) is 8. The van der Waals surface area contributed by atoms with Crippen molar-refractivity contribution in [2.45, 2.75) is 109 Å². The van der Waals surface area contributed by atoms with Crippen LogP contribution in [0.4, 0.5) is 0 Å². The zero-order valence-corrected chi connectivity index (χ0v) is 20.2. The van der Waals surface area contributed by atoms with E-state index in [2.05, 4.69) is 12.2 Å². The van der Waals surface area contributed by atoms with Crippen LogP contribution in [0.3, 0.4) is 0 Å². The molecule has 3 aliphatic heterocycles. The fourth-order valence-corrected chi connectivity index (χ4v) is 4.58. The maximum Gasteiger partial charge on any atom is 0.323 e. The minimum absolute atomic E-state index is 0.315. The molecular weight excluding hydrogens is 426 g/mol. The van der Waals surface area contributed by atoms with Crippen molar-refractivity contribution in [2.75, 3.05) is 6.61 Å². The van der Waals surface area contributed by atoms with Gasteiger partial charge in [0.2, 0.25) is 0 Å².